The molecule has 1 aromatic heterocycles. The van der Waals surface area contributed by atoms with Crippen molar-refractivity contribution in [2.75, 3.05) is 12.3 Å². The Hall–Kier alpha value is -1.26. The molecule has 0 saturated carbocycles. The molecular weight excluding hydrogens is 244 g/mol. The van der Waals surface area contributed by atoms with Gasteiger partial charge in [-0.2, -0.15) is 0 Å². The second-order valence-electron chi connectivity index (χ2n) is 4.63. The minimum Gasteiger partial charge on any atom is -0.330 e. The number of hydrogen-bond donors (Lipinski definition) is 1. The van der Waals surface area contributed by atoms with Gasteiger partial charge in [-0.25, -0.2) is 0 Å². The maximum atomic E-state index is 11.9. The number of nitrogens with two attached hydrogens (primary N) is 1. The first-order valence-electron chi connectivity index (χ1n) is 6.07. The quantitative estimate of drug-likeness (QED) is 0.897. The SMILES string of the molecule is CC(CN)CS(=O)Cc1cnc2ccccc2c1. The highest BCUT2D eigenvalue weighted by Crippen LogP contribution is 2.14. The van der Waals surface area contributed by atoms with Crippen LogP contribution in [0.25, 0.3) is 10.9 Å². The van der Waals surface area contributed by atoms with Gasteiger partial charge in [-0.15, -0.1) is 0 Å². The van der Waals surface area contributed by atoms with Crippen LogP contribution in [0.3, 0.4) is 0 Å². The Labute approximate surface area is 110 Å². The first-order valence-corrected chi connectivity index (χ1v) is 7.56. The van der Waals surface area contributed by atoms with Gasteiger partial charge in [0.1, 0.15) is 0 Å². The molecule has 96 valence electrons. The van der Waals surface area contributed by atoms with E-state index in [1.54, 1.807) is 0 Å². The summed E-state index contributed by atoms with van der Waals surface area (Å²) in [5, 5.41) is 1.10. The van der Waals surface area contributed by atoms with Crippen molar-refractivity contribution in [2.45, 2.75) is 12.7 Å². The molecule has 0 saturated heterocycles. The summed E-state index contributed by atoms with van der Waals surface area (Å²) >= 11 is 0. The lowest BCUT2D eigenvalue weighted by atomic mass is 10.2. The summed E-state index contributed by atoms with van der Waals surface area (Å²) in [5.41, 5.74) is 7.54. The molecule has 1 aromatic carbocycles. The summed E-state index contributed by atoms with van der Waals surface area (Å²) in [6.45, 7) is 2.61. The predicted octanol–water partition coefficient (Wildman–Crippen LogP) is 2.08. The second kappa shape index (κ2) is 6.07. The normalized spacial score (nSPS) is 14.6. The van der Waals surface area contributed by atoms with Crippen LogP contribution in [0.2, 0.25) is 0 Å². The van der Waals surface area contributed by atoms with E-state index in [9.17, 15) is 4.21 Å². The minimum absolute atomic E-state index is 0.305. The molecule has 0 spiro atoms. The molecule has 0 aliphatic heterocycles. The van der Waals surface area contributed by atoms with Gasteiger partial charge >= 0.3 is 0 Å². The first-order chi connectivity index (χ1) is 8.69. The van der Waals surface area contributed by atoms with Gasteiger partial charge in [0.15, 0.2) is 0 Å². The Morgan fingerprint density at radius 1 is 1.39 bits per heavy atom. The molecular formula is C14H18N2OS. The number of aromatic nitrogens is 1. The molecule has 0 bridgehead atoms. The second-order valence-corrected chi connectivity index (χ2v) is 6.13. The smallest absolute Gasteiger partial charge is 0.0702 e. The molecule has 0 radical (unpaired) electrons. The van der Waals surface area contributed by atoms with Crippen molar-refractivity contribution >= 4 is 21.7 Å². The molecule has 0 aliphatic rings. The van der Waals surface area contributed by atoms with Crippen LogP contribution in [0.1, 0.15) is 12.5 Å². The Morgan fingerprint density at radius 2 is 2.17 bits per heavy atom. The Morgan fingerprint density at radius 3 is 2.94 bits per heavy atom. The molecule has 3 nitrogen and oxygen atoms in total. The van der Waals surface area contributed by atoms with Crippen LogP contribution in [0, 0.1) is 5.92 Å². The molecule has 2 aromatic rings. The summed E-state index contributed by atoms with van der Waals surface area (Å²) in [7, 11) is -0.864. The van der Waals surface area contributed by atoms with Crippen LogP contribution in [-0.2, 0) is 16.6 Å². The molecule has 18 heavy (non-hydrogen) atoms. The average Bonchev–Trinajstić information content (AvgIpc) is 2.38. The van der Waals surface area contributed by atoms with Crippen molar-refractivity contribution in [3.05, 3.63) is 42.1 Å². The summed E-state index contributed by atoms with van der Waals surface area (Å²) in [5.74, 6) is 1.52. The highest BCUT2D eigenvalue weighted by atomic mass is 32.2. The van der Waals surface area contributed by atoms with Crippen LogP contribution >= 0.6 is 0 Å². The van der Waals surface area contributed by atoms with Gasteiger partial charge < -0.3 is 5.73 Å². The fraction of sp³-hybridized carbons (Fsp3) is 0.357. The summed E-state index contributed by atoms with van der Waals surface area (Å²) in [6.07, 6.45) is 1.81. The number of rotatable bonds is 5. The Bertz CT molecular complexity index is 556. The van der Waals surface area contributed by atoms with Gasteiger partial charge in [-0.3, -0.25) is 9.19 Å². The maximum absolute atomic E-state index is 11.9. The van der Waals surface area contributed by atoms with Crippen LogP contribution in [0.4, 0.5) is 0 Å². The highest BCUT2D eigenvalue weighted by Gasteiger charge is 2.07. The molecule has 0 fully saturated rings. The zero-order valence-corrected chi connectivity index (χ0v) is 11.3. The molecule has 2 rings (SSSR count). The third-order valence-corrected chi connectivity index (χ3v) is 4.44. The van der Waals surface area contributed by atoms with Crippen molar-refractivity contribution in [1.29, 1.82) is 0 Å². The molecule has 2 N–H and O–H groups in total. The number of hydrogen-bond acceptors (Lipinski definition) is 3. The third kappa shape index (κ3) is 3.37. The lowest BCUT2D eigenvalue weighted by Gasteiger charge is -2.08. The highest BCUT2D eigenvalue weighted by molar-refractivity contribution is 7.84. The van der Waals surface area contributed by atoms with Gasteiger partial charge in [0.25, 0.3) is 0 Å². The molecule has 4 heteroatoms. The molecule has 2 unspecified atom stereocenters. The minimum atomic E-state index is -0.864. The van der Waals surface area contributed by atoms with Gasteiger partial charge in [0.2, 0.25) is 0 Å². The lowest BCUT2D eigenvalue weighted by Crippen LogP contribution is -2.18. The number of para-hydroxylation sites is 1. The standard InChI is InChI=1S/C14H18N2OS/c1-11(7-15)9-18(17)10-12-6-13-4-2-3-5-14(13)16-8-12/h2-6,8,11H,7,9-10,15H2,1H3. The topological polar surface area (TPSA) is 56.0 Å². The van der Waals surface area contributed by atoms with Crippen molar-refractivity contribution in [3.63, 3.8) is 0 Å². The Kier molecular flexibility index (Phi) is 4.44. The lowest BCUT2D eigenvalue weighted by molar-refractivity contribution is 0.640. The van der Waals surface area contributed by atoms with Crippen molar-refractivity contribution in [3.8, 4) is 0 Å². The zero-order chi connectivity index (χ0) is 13.0. The van der Waals surface area contributed by atoms with Gasteiger partial charge in [-0.1, -0.05) is 25.1 Å². The third-order valence-electron chi connectivity index (χ3n) is 2.85. The van der Waals surface area contributed by atoms with Crippen LogP contribution < -0.4 is 5.73 Å². The van der Waals surface area contributed by atoms with Gasteiger partial charge in [0.05, 0.1) is 11.3 Å². The van der Waals surface area contributed by atoms with E-state index in [4.69, 9.17) is 5.73 Å². The number of benzene rings is 1. The Balaban J connectivity index is 2.10. The predicted molar refractivity (Wildman–Crippen MR) is 76.7 cm³/mol. The van der Waals surface area contributed by atoms with E-state index in [1.807, 2.05) is 37.4 Å². The van der Waals surface area contributed by atoms with Crippen LogP contribution in [0.15, 0.2) is 36.5 Å². The van der Waals surface area contributed by atoms with Crippen molar-refractivity contribution in [1.82, 2.24) is 4.98 Å². The van der Waals surface area contributed by atoms with E-state index in [2.05, 4.69) is 11.1 Å². The van der Waals surface area contributed by atoms with Crippen LogP contribution in [-0.4, -0.2) is 21.5 Å². The number of nitrogens with zero attached hydrogens (tertiary/aromatic N) is 1. The number of pyridine rings is 1. The number of fused-ring (bicyclic) bond motifs is 1. The van der Waals surface area contributed by atoms with E-state index in [1.165, 1.54) is 0 Å². The van der Waals surface area contributed by atoms with Crippen molar-refractivity contribution < 1.29 is 4.21 Å². The van der Waals surface area contributed by atoms with Gasteiger partial charge in [-0.05, 0) is 30.2 Å². The summed E-state index contributed by atoms with van der Waals surface area (Å²) in [6, 6.07) is 10.0. The largest absolute Gasteiger partial charge is 0.330 e. The molecule has 0 aliphatic carbocycles. The van der Waals surface area contributed by atoms with E-state index < -0.39 is 10.8 Å². The first kappa shape index (κ1) is 13.2. The zero-order valence-electron chi connectivity index (χ0n) is 10.5. The maximum Gasteiger partial charge on any atom is 0.0702 e. The summed E-state index contributed by atoms with van der Waals surface area (Å²) < 4.78 is 11.9. The van der Waals surface area contributed by atoms with Crippen LogP contribution in [0.5, 0.6) is 0 Å². The van der Waals surface area contributed by atoms with E-state index in [-0.39, 0.29) is 0 Å². The molecule has 1 heterocycles. The van der Waals surface area contributed by atoms with Gasteiger partial charge in [0, 0.05) is 28.1 Å². The van der Waals surface area contributed by atoms with E-state index >= 15 is 0 Å². The fourth-order valence-electron chi connectivity index (χ4n) is 1.83. The average molecular weight is 262 g/mol. The molecule has 0 amide bonds. The molecule has 2 atom stereocenters. The summed E-state index contributed by atoms with van der Waals surface area (Å²) in [4.78, 5) is 4.37. The van der Waals surface area contributed by atoms with E-state index in [0.29, 0.717) is 24.0 Å². The fourth-order valence-corrected chi connectivity index (χ4v) is 3.24. The van der Waals surface area contributed by atoms with E-state index in [0.717, 1.165) is 16.5 Å². The van der Waals surface area contributed by atoms with Crippen molar-refractivity contribution in [2.24, 2.45) is 11.7 Å². The monoisotopic (exact) mass is 262 g/mol.